The zero-order valence-electron chi connectivity index (χ0n) is 17.5. The second-order valence-corrected chi connectivity index (χ2v) is 8.19. The molecule has 1 atom stereocenters. The van der Waals surface area contributed by atoms with Crippen molar-refractivity contribution in [3.63, 3.8) is 0 Å². The summed E-state index contributed by atoms with van der Waals surface area (Å²) in [6, 6.07) is 9.74. The molecule has 3 heterocycles. The highest BCUT2D eigenvalue weighted by atomic mass is 16.5. The van der Waals surface area contributed by atoms with Gasteiger partial charge in [0.1, 0.15) is 6.04 Å². The van der Waals surface area contributed by atoms with E-state index in [0.717, 1.165) is 64.0 Å². The molecule has 0 bridgehead atoms. The highest BCUT2D eigenvalue weighted by Crippen LogP contribution is 2.30. The number of amides is 1. The van der Waals surface area contributed by atoms with Crippen LogP contribution in [0.25, 0.3) is 0 Å². The van der Waals surface area contributed by atoms with Gasteiger partial charge in [0.05, 0.1) is 13.0 Å². The van der Waals surface area contributed by atoms with Crippen LogP contribution in [0, 0.1) is 5.92 Å². The number of ether oxygens (including phenoxy) is 2. The van der Waals surface area contributed by atoms with Crippen molar-refractivity contribution < 1.29 is 18.8 Å². The van der Waals surface area contributed by atoms with Crippen LogP contribution in [0.4, 0.5) is 0 Å². The molecule has 4 rings (SSSR count). The molecule has 0 saturated carbocycles. The Hall–Kier alpha value is -2.25. The molecule has 0 radical (unpaired) electrons. The maximum atomic E-state index is 12.9. The monoisotopic (exact) mass is 413 g/mol. The second kappa shape index (κ2) is 10.7. The number of likely N-dealkylation sites (tertiary alicyclic amines) is 1. The number of carbonyl (C=O) groups is 1. The van der Waals surface area contributed by atoms with E-state index in [9.17, 15) is 4.79 Å². The Morgan fingerprint density at radius 1 is 1.13 bits per heavy atom. The molecule has 2 saturated heterocycles. The molecule has 0 N–H and O–H groups in total. The van der Waals surface area contributed by atoms with Crippen LogP contribution in [0.1, 0.15) is 55.4 Å². The Kier molecular flexibility index (Phi) is 7.48. The fourth-order valence-electron chi connectivity index (χ4n) is 4.19. The first-order chi connectivity index (χ1) is 14.8. The average Bonchev–Trinajstić information content (AvgIpc) is 3.27. The van der Waals surface area contributed by atoms with Gasteiger partial charge in [0.15, 0.2) is 5.82 Å². The minimum Gasteiger partial charge on any atom is -0.381 e. The van der Waals surface area contributed by atoms with Crippen molar-refractivity contribution in [2.75, 3.05) is 33.0 Å². The Morgan fingerprint density at radius 3 is 2.80 bits per heavy atom. The molecule has 1 aromatic carbocycles. The fourth-order valence-corrected chi connectivity index (χ4v) is 4.19. The van der Waals surface area contributed by atoms with Gasteiger partial charge >= 0.3 is 0 Å². The number of piperidine rings is 1. The topological polar surface area (TPSA) is 77.7 Å². The zero-order chi connectivity index (χ0) is 20.6. The molecule has 1 aromatic heterocycles. The Bertz CT molecular complexity index is 789. The van der Waals surface area contributed by atoms with E-state index in [4.69, 9.17) is 14.0 Å². The number of aromatic nitrogens is 2. The second-order valence-electron chi connectivity index (χ2n) is 8.19. The van der Waals surface area contributed by atoms with Crippen LogP contribution >= 0.6 is 0 Å². The molecule has 1 amide bonds. The van der Waals surface area contributed by atoms with Crippen molar-refractivity contribution in [2.45, 2.75) is 51.0 Å². The first-order valence-corrected chi connectivity index (χ1v) is 11.1. The lowest BCUT2D eigenvalue weighted by atomic mass is 10.0. The predicted octanol–water partition coefficient (Wildman–Crippen LogP) is 3.35. The van der Waals surface area contributed by atoms with E-state index in [0.29, 0.717) is 37.1 Å². The minimum atomic E-state index is -0.126. The summed E-state index contributed by atoms with van der Waals surface area (Å²) in [5.41, 5.74) is 1.03. The fraction of sp³-hybridized carbons (Fsp3) is 0.609. The molecular weight excluding hydrogens is 382 g/mol. The lowest BCUT2D eigenvalue weighted by Crippen LogP contribution is -2.39. The lowest BCUT2D eigenvalue weighted by molar-refractivity contribution is -0.135. The van der Waals surface area contributed by atoms with Crippen molar-refractivity contribution in [1.82, 2.24) is 15.0 Å². The summed E-state index contributed by atoms with van der Waals surface area (Å²) in [6.45, 7) is 3.75. The normalized spacial score (nSPS) is 20.4. The maximum absolute atomic E-state index is 12.9. The number of benzene rings is 1. The summed E-state index contributed by atoms with van der Waals surface area (Å²) in [5, 5.41) is 4.13. The van der Waals surface area contributed by atoms with Crippen molar-refractivity contribution in [2.24, 2.45) is 5.92 Å². The first kappa shape index (κ1) is 21.0. The van der Waals surface area contributed by atoms with Crippen molar-refractivity contribution >= 4 is 5.91 Å². The average molecular weight is 414 g/mol. The van der Waals surface area contributed by atoms with Gasteiger partial charge in [-0.05, 0) is 43.6 Å². The number of rotatable bonds is 8. The minimum absolute atomic E-state index is 0.116. The summed E-state index contributed by atoms with van der Waals surface area (Å²) in [6.07, 6.45) is 6.10. The van der Waals surface area contributed by atoms with Gasteiger partial charge in [0, 0.05) is 32.8 Å². The van der Waals surface area contributed by atoms with Crippen LogP contribution in [-0.2, 0) is 27.1 Å². The molecule has 2 fully saturated rings. The number of hydrogen-bond donors (Lipinski definition) is 0. The van der Waals surface area contributed by atoms with E-state index >= 15 is 0 Å². The third-order valence-corrected chi connectivity index (χ3v) is 5.95. The smallest absolute Gasteiger partial charge is 0.249 e. The summed E-state index contributed by atoms with van der Waals surface area (Å²) in [5.74, 6) is 1.91. The predicted molar refractivity (Wildman–Crippen MR) is 111 cm³/mol. The summed E-state index contributed by atoms with van der Waals surface area (Å²) in [4.78, 5) is 19.4. The summed E-state index contributed by atoms with van der Waals surface area (Å²) < 4.78 is 16.7. The summed E-state index contributed by atoms with van der Waals surface area (Å²) in [7, 11) is 0. The molecule has 2 aliphatic heterocycles. The van der Waals surface area contributed by atoms with Crippen molar-refractivity contribution in [1.29, 1.82) is 0 Å². The molecule has 30 heavy (non-hydrogen) atoms. The third-order valence-electron chi connectivity index (χ3n) is 5.95. The number of hydrogen-bond acceptors (Lipinski definition) is 6. The standard InChI is InChI=1S/C23H31N3O4/c27-22(16-18-6-2-1-3-7-18)26-12-5-4-8-20(26)23-24-21(25-30-23)11-15-29-17-19-9-13-28-14-10-19/h1-3,6-7,19-20H,4-5,8-17H2. The molecule has 7 heteroatoms. The van der Waals surface area contributed by atoms with Gasteiger partial charge in [-0.15, -0.1) is 0 Å². The first-order valence-electron chi connectivity index (χ1n) is 11.1. The maximum Gasteiger partial charge on any atom is 0.249 e. The van der Waals surface area contributed by atoms with Gasteiger partial charge in [-0.3, -0.25) is 4.79 Å². The van der Waals surface area contributed by atoms with E-state index in [1.54, 1.807) is 0 Å². The van der Waals surface area contributed by atoms with Gasteiger partial charge < -0.3 is 18.9 Å². The molecule has 0 spiro atoms. The Morgan fingerprint density at radius 2 is 1.97 bits per heavy atom. The van der Waals surface area contributed by atoms with Gasteiger partial charge in [-0.1, -0.05) is 35.5 Å². The van der Waals surface area contributed by atoms with Gasteiger partial charge in [0.2, 0.25) is 11.8 Å². The van der Waals surface area contributed by atoms with Crippen LogP contribution in [0.15, 0.2) is 34.9 Å². The molecule has 2 aromatic rings. The largest absolute Gasteiger partial charge is 0.381 e. The lowest BCUT2D eigenvalue weighted by Gasteiger charge is -2.33. The SMILES string of the molecule is O=C(Cc1ccccc1)N1CCCCC1c1nc(CCOCC2CCOCC2)no1. The highest BCUT2D eigenvalue weighted by Gasteiger charge is 2.32. The van der Waals surface area contributed by atoms with Gasteiger partial charge in [0.25, 0.3) is 0 Å². The van der Waals surface area contributed by atoms with Crippen molar-refractivity contribution in [3.8, 4) is 0 Å². The zero-order valence-corrected chi connectivity index (χ0v) is 17.5. The van der Waals surface area contributed by atoms with Crippen LogP contribution in [-0.4, -0.2) is 53.9 Å². The quantitative estimate of drug-likeness (QED) is 0.618. The molecule has 7 nitrogen and oxygen atoms in total. The Labute approximate surface area is 177 Å². The van der Waals surface area contributed by atoms with Gasteiger partial charge in [-0.25, -0.2) is 0 Å². The molecule has 0 aliphatic carbocycles. The highest BCUT2D eigenvalue weighted by molar-refractivity contribution is 5.79. The summed E-state index contributed by atoms with van der Waals surface area (Å²) >= 11 is 0. The molecule has 162 valence electrons. The Balaban J connectivity index is 1.29. The van der Waals surface area contributed by atoms with E-state index in [2.05, 4.69) is 10.1 Å². The number of nitrogens with zero attached hydrogens (tertiary/aromatic N) is 3. The van der Waals surface area contributed by atoms with E-state index in [1.807, 2.05) is 35.2 Å². The van der Waals surface area contributed by atoms with E-state index in [-0.39, 0.29) is 11.9 Å². The van der Waals surface area contributed by atoms with E-state index < -0.39 is 0 Å². The molecule has 1 unspecified atom stereocenters. The van der Waals surface area contributed by atoms with Crippen LogP contribution < -0.4 is 0 Å². The third kappa shape index (κ3) is 5.67. The molecular formula is C23H31N3O4. The van der Waals surface area contributed by atoms with Crippen LogP contribution in [0.2, 0.25) is 0 Å². The van der Waals surface area contributed by atoms with Crippen LogP contribution in [0.5, 0.6) is 0 Å². The van der Waals surface area contributed by atoms with Crippen molar-refractivity contribution in [3.05, 3.63) is 47.6 Å². The number of carbonyl (C=O) groups excluding carboxylic acids is 1. The van der Waals surface area contributed by atoms with Crippen LogP contribution in [0.3, 0.4) is 0 Å². The van der Waals surface area contributed by atoms with E-state index in [1.165, 1.54) is 0 Å². The molecule has 2 aliphatic rings. The van der Waals surface area contributed by atoms with Gasteiger partial charge in [-0.2, -0.15) is 4.98 Å².